The molecular formula is C10H14N2O2S. The van der Waals surface area contributed by atoms with Gasteiger partial charge in [0.15, 0.2) is 11.0 Å². The monoisotopic (exact) mass is 226 g/mol. The molecule has 0 spiro atoms. The van der Waals surface area contributed by atoms with Crippen molar-refractivity contribution in [1.82, 2.24) is 9.29 Å². The van der Waals surface area contributed by atoms with Gasteiger partial charge in [-0.25, -0.2) is 4.21 Å². The van der Waals surface area contributed by atoms with Gasteiger partial charge in [-0.15, -0.1) is 0 Å². The molecule has 1 heterocycles. The van der Waals surface area contributed by atoms with Crippen LogP contribution in [0.1, 0.15) is 19.5 Å². The minimum Gasteiger partial charge on any atom is -0.274 e. The topological polar surface area (TPSA) is 50.3 Å². The number of aromatic nitrogens is 1. The average molecular weight is 226 g/mol. The maximum absolute atomic E-state index is 11.8. The summed E-state index contributed by atoms with van der Waals surface area (Å²) >= 11 is 0. The second kappa shape index (κ2) is 5.02. The van der Waals surface area contributed by atoms with Crippen LogP contribution in [0.25, 0.3) is 0 Å². The lowest BCUT2D eigenvalue weighted by Gasteiger charge is -2.13. The van der Waals surface area contributed by atoms with E-state index < -0.39 is 11.0 Å². The third-order valence-corrected chi connectivity index (χ3v) is 3.45. The lowest BCUT2D eigenvalue weighted by molar-refractivity contribution is -0.123. The molecule has 1 unspecified atom stereocenters. The molecule has 0 saturated heterocycles. The molecule has 0 saturated carbocycles. The Morgan fingerprint density at radius 2 is 2.20 bits per heavy atom. The van der Waals surface area contributed by atoms with Gasteiger partial charge in [0.1, 0.15) is 0 Å². The molecule has 82 valence electrons. The lowest BCUT2D eigenvalue weighted by atomic mass is 10.3. The first-order valence-corrected chi connectivity index (χ1v) is 5.78. The largest absolute Gasteiger partial charge is 0.274 e. The van der Waals surface area contributed by atoms with Gasteiger partial charge < -0.3 is 0 Å². The molecule has 0 bridgehead atoms. The van der Waals surface area contributed by atoms with E-state index in [0.717, 1.165) is 12.1 Å². The van der Waals surface area contributed by atoms with Crippen LogP contribution in [0, 0.1) is 0 Å². The van der Waals surface area contributed by atoms with Crippen molar-refractivity contribution in [3.05, 3.63) is 24.0 Å². The second-order valence-corrected chi connectivity index (χ2v) is 4.62. The Morgan fingerprint density at radius 1 is 1.53 bits per heavy atom. The van der Waals surface area contributed by atoms with Gasteiger partial charge in [0.2, 0.25) is 5.91 Å². The fourth-order valence-corrected chi connectivity index (χ4v) is 1.88. The highest BCUT2D eigenvalue weighted by atomic mass is 32.2. The molecule has 0 fully saturated rings. The Bertz CT molecular complexity index is 376. The van der Waals surface area contributed by atoms with Gasteiger partial charge in [-0.1, -0.05) is 6.92 Å². The number of carbonyl (C=O) groups excluding carboxylic acids is 1. The number of hydrogen-bond donors (Lipinski definition) is 0. The van der Waals surface area contributed by atoms with Gasteiger partial charge in [0, 0.05) is 25.9 Å². The maximum atomic E-state index is 11.8. The van der Waals surface area contributed by atoms with E-state index in [-0.39, 0.29) is 5.91 Å². The fraction of sp³-hybridized carbons (Fsp3) is 0.400. The standard InChI is InChI=1S/C10H14N2O2S/c1-4-9-5-6-10(7-11-9)15(14)12(3)8(2)13/h5-7H,4H2,1-3H3. The molecule has 0 radical (unpaired) electrons. The highest BCUT2D eigenvalue weighted by Gasteiger charge is 2.13. The Balaban J connectivity index is 2.87. The van der Waals surface area contributed by atoms with Crippen molar-refractivity contribution in [2.75, 3.05) is 7.05 Å². The van der Waals surface area contributed by atoms with Crippen molar-refractivity contribution in [2.24, 2.45) is 0 Å². The highest BCUT2D eigenvalue weighted by molar-refractivity contribution is 7.83. The Morgan fingerprint density at radius 3 is 2.60 bits per heavy atom. The van der Waals surface area contributed by atoms with Crippen LogP contribution in [0.15, 0.2) is 23.2 Å². The summed E-state index contributed by atoms with van der Waals surface area (Å²) in [5.41, 5.74) is 0.946. The molecule has 1 aromatic heterocycles. The second-order valence-electron chi connectivity index (χ2n) is 3.10. The number of nitrogens with zero attached hydrogens (tertiary/aromatic N) is 2. The molecule has 0 aliphatic heterocycles. The van der Waals surface area contributed by atoms with Gasteiger partial charge >= 0.3 is 0 Å². The first-order chi connectivity index (χ1) is 7.06. The number of hydrogen-bond acceptors (Lipinski definition) is 3. The molecule has 5 heteroatoms. The third-order valence-electron chi connectivity index (χ3n) is 2.05. The Kier molecular flexibility index (Phi) is 3.96. The lowest BCUT2D eigenvalue weighted by Crippen LogP contribution is -2.26. The molecule has 1 amide bonds. The van der Waals surface area contributed by atoms with Gasteiger partial charge in [-0.3, -0.25) is 14.1 Å². The average Bonchev–Trinajstić information content (AvgIpc) is 2.27. The van der Waals surface area contributed by atoms with E-state index in [0.29, 0.717) is 4.90 Å². The first-order valence-electron chi connectivity index (χ1n) is 4.67. The van der Waals surface area contributed by atoms with Crippen molar-refractivity contribution < 1.29 is 9.00 Å². The van der Waals surface area contributed by atoms with E-state index in [2.05, 4.69) is 4.98 Å². The summed E-state index contributed by atoms with van der Waals surface area (Å²) in [6.07, 6.45) is 2.39. The van der Waals surface area contributed by atoms with E-state index in [4.69, 9.17) is 0 Å². The van der Waals surface area contributed by atoms with Crippen LogP contribution in [0.2, 0.25) is 0 Å². The van der Waals surface area contributed by atoms with Crippen molar-refractivity contribution in [1.29, 1.82) is 0 Å². The van der Waals surface area contributed by atoms with Crippen LogP contribution >= 0.6 is 0 Å². The third kappa shape index (κ3) is 2.86. The van der Waals surface area contributed by atoms with Gasteiger partial charge in [-0.05, 0) is 18.6 Å². The number of amides is 1. The SMILES string of the molecule is CCc1ccc(S(=O)N(C)C(C)=O)cn1. The molecule has 0 aromatic carbocycles. The fourth-order valence-electron chi connectivity index (χ4n) is 0.998. The van der Waals surface area contributed by atoms with Crippen LogP contribution in [0.5, 0.6) is 0 Å². The zero-order valence-corrected chi connectivity index (χ0v) is 9.87. The highest BCUT2D eigenvalue weighted by Crippen LogP contribution is 2.09. The summed E-state index contributed by atoms with van der Waals surface area (Å²) in [4.78, 5) is 15.7. The van der Waals surface area contributed by atoms with Crippen molar-refractivity contribution in [3.63, 3.8) is 0 Å². The molecule has 0 aliphatic carbocycles. The van der Waals surface area contributed by atoms with Crippen LogP contribution in [-0.2, 0) is 22.2 Å². The van der Waals surface area contributed by atoms with Crippen molar-refractivity contribution >= 4 is 16.9 Å². The molecule has 15 heavy (non-hydrogen) atoms. The molecule has 1 rings (SSSR count). The first kappa shape index (κ1) is 11.8. The van der Waals surface area contributed by atoms with Crippen LogP contribution in [0.4, 0.5) is 0 Å². The number of pyridine rings is 1. The van der Waals surface area contributed by atoms with E-state index >= 15 is 0 Å². The minimum atomic E-state index is -1.45. The predicted octanol–water partition coefficient (Wildman–Crippen LogP) is 1.14. The van der Waals surface area contributed by atoms with Crippen LogP contribution < -0.4 is 0 Å². The van der Waals surface area contributed by atoms with Gasteiger partial charge in [0.05, 0.1) is 4.90 Å². The summed E-state index contributed by atoms with van der Waals surface area (Å²) in [5.74, 6) is -0.229. The molecule has 0 N–H and O–H groups in total. The molecular weight excluding hydrogens is 212 g/mol. The van der Waals surface area contributed by atoms with E-state index in [1.165, 1.54) is 18.3 Å². The summed E-state index contributed by atoms with van der Waals surface area (Å²) in [6, 6.07) is 3.56. The maximum Gasteiger partial charge on any atom is 0.231 e. The number of carbonyl (C=O) groups is 1. The summed E-state index contributed by atoms with van der Waals surface area (Å²) in [7, 11) is 0.0589. The Hall–Kier alpha value is -1.23. The molecule has 1 atom stereocenters. The van der Waals surface area contributed by atoms with Gasteiger partial charge in [0.25, 0.3) is 0 Å². The van der Waals surface area contributed by atoms with E-state index in [1.54, 1.807) is 12.3 Å². The molecule has 0 aliphatic rings. The number of aryl methyl sites for hydroxylation is 1. The van der Waals surface area contributed by atoms with E-state index in [1.807, 2.05) is 13.0 Å². The van der Waals surface area contributed by atoms with Gasteiger partial charge in [-0.2, -0.15) is 0 Å². The summed E-state index contributed by atoms with van der Waals surface area (Å²) < 4.78 is 12.9. The number of rotatable bonds is 3. The van der Waals surface area contributed by atoms with Crippen molar-refractivity contribution in [2.45, 2.75) is 25.2 Å². The molecule has 1 aromatic rings. The van der Waals surface area contributed by atoms with Crippen molar-refractivity contribution in [3.8, 4) is 0 Å². The normalized spacial score (nSPS) is 12.2. The Labute approximate surface area is 91.9 Å². The summed E-state index contributed by atoms with van der Waals surface area (Å²) in [5, 5.41) is 0. The van der Waals surface area contributed by atoms with Crippen LogP contribution in [0.3, 0.4) is 0 Å². The zero-order valence-electron chi connectivity index (χ0n) is 9.06. The molecule has 4 nitrogen and oxygen atoms in total. The summed E-state index contributed by atoms with van der Waals surface area (Å²) in [6.45, 7) is 3.38. The van der Waals surface area contributed by atoms with Crippen LogP contribution in [-0.4, -0.2) is 26.5 Å². The quantitative estimate of drug-likeness (QED) is 0.776. The predicted molar refractivity (Wildman–Crippen MR) is 58.5 cm³/mol. The smallest absolute Gasteiger partial charge is 0.231 e. The minimum absolute atomic E-state index is 0.229. The zero-order chi connectivity index (χ0) is 11.4. The van der Waals surface area contributed by atoms with E-state index in [9.17, 15) is 9.00 Å².